The molecule has 0 unspecified atom stereocenters. The zero-order chi connectivity index (χ0) is 22.6. The van der Waals surface area contributed by atoms with E-state index in [4.69, 9.17) is 34.8 Å². The van der Waals surface area contributed by atoms with E-state index in [-0.39, 0.29) is 0 Å². The number of benzene rings is 4. The van der Waals surface area contributed by atoms with E-state index in [9.17, 15) is 0 Å². The predicted molar refractivity (Wildman–Crippen MR) is 151 cm³/mol. The summed E-state index contributed by atoms with van der Waals surface area (Å²) in [4.78, 5) is 1.26. The average Bonchev–Trinajstić information content (AvgIpc) is 2.81. The third-order valence-corrected chi connectivity index (χ3v) is 17.6. The van der Waals surface area contributed by atoms with Crippen LogP contribution in [0, 0.1) is 0 Å². The fourth-order valence-corrected chi connectivity index (χ4v) is 14.1. The molecule has 0 aliphatic heterocycles. The Bertz CT molecular complexity index is 1070. The molecular formula is C26H21BrCl3PS. The molecule has 164 valence electrons. The maximum absolute atomic E-state index is 6.29. The van der Waals surface area contributed by atoms with Gasteiger partial charge in [0, 0.05) is 0 Å². The van der Waals surface area contributed by atoms with Gasteiger partial charge in [-0.15, -0.1) is 0 Å². The Morgan fingerprint density at radius 3 is 1.31 bits per heavy atom. The summed E-state index contributed by atoms with van der Waals surface area (Å²) in [5, 5.41) is 2.77. The van der Waals surface area contributed by atoms with Crippen molar-refractivity contribution in [2.75, 3.05) is 11.9 Å². The van der Waals surface area contributed by atoms with E-state index >= 15 is 0 Å². The molecule has 0 amide bonds. The van der Waals surface area contributed by atoms with Gasteiger partial charge in [-0.2, -0.15) is 0 Å². The molecule has 0 aliphatic carbocycles. The Morgan fingerprint density at radius 1 is 0.562 bits per heavy atom. The standard InChI is InChI=1S/C26H21BrCl3PS/c27-31(23-12-6-20(28)7-13-23,24-14-8-21(29)9-15-24,25-16-10-22(30)11-17-25)18-19-32-26-4-2-1-3-5-26/h1-17H,18-19H2. The molecule has 0 fully saturated rings. The summed E-state index contributed by atoms with van der Waals surface area (Å²) in [6.45, 7) is 0. The topological polar surface area (TPSA) is 0 Å². The molecule has 4 rings (SSSR count). The monoisotopic (exact) mass is 580 g/mol. The molecule has 0 saturated heterocycles. The molecule has 0 radical (unpaired) electrons. The number of hydrogen-bond donors (Lipinski definition) is 0. The van der Waals surface area contributed by atoms with Crippen LogP contribution in [0.25, 0.3) is 0 Å². The third-order valence-electron chi connectivity index (χ3n) is 5.62. The van der Waals surface area contributed by atoms with Gasteiger partial charge in [-0.3, -0.25) is 0 Å². The van der Waals surface area contributed by atoms with Gasteiger partial charge in [0.25, 0.3) is 0 Å². The molecule has 0 atom stereocenters. The maximum atomic E-state index is 6.29. The van der Waals surface area contributed by atoms with Crippen molar-refractivity contribution < 1.29 is 0 Å². The van der Waals surface area contributed by atoms with Gasteiger partial charge in [-0.05, 0) is 0 Å². The molecular weight excluding hydrogens is 562 g/mol. The van der Waals surface area contributed by atoms with Crippen molar-refractivity contribution in [3.8, 4) is 0 Å². The van der Waals surface area contributed by atoms with E-state index in [1.54, 1.807) is 0 Å². The average molecular weight is 583 g/mol. The molecule has 4 aromatic rings. The summed E-state index contributed by atoms with van der Waals surface area (Å²) in [6.07, 6.45) is 0.913. The fraction of sp³-hybridized carbons (Fsp3) is 0.0769. The van der Waals surface area contributed by atoms with Crippen LogP contribution in [-0.4, -0.2) is 11.9 Å². The van der Waals surface area contributed by atoms with Gasteiger partial charge in [-0.25, -0.2) is 0 Å². The Labute approximate surface area is 217 Å². The van der Waals surface area contributed by atoms with E-state index in [2.05, 4.69) is 76.2 Å². The van der Waals surface area contributed by atoms with Crippen LogP contribution in [0.1, 0.15) is 0 Å². The number of hydrogen-bond acceptors (Lipinski definition) is 1. The second-order valence-electron chi connectivity index (χ2n) is 7.50. The summed E-state index contributed by atoms with van der Waals surface area (Å²) < 4.78 is 0. The van der Waals surface area contributed by atoms with E-state index in [1.807, 2.05) is 54.2 Å². The fourth-order valence-electron chi connectivity index (χ4n) is 3.94. The van der Waals surface area contributed by atoms with Crippen LogP contribution in [0.4, 0.5) is 0 Å². The molecule has 0 saturated carbocycles. The van der Waals surface area contributed by atoms with Crippen LogP contribution < -0.4 is 15.9 Å². The Kier molecular flexibility index (Phi) is 7.62. The van der Waals surface area contributed by atoms with Gasteiger partial charge < -0.3 is 0 Å². The van der Waals surface area contributed by atoms with E-state index in [1.165, 1.54) is 20.8 Å². The first kappa shape index (κ1) is 24.1. The molecule has 0 aromatic heterocycles. The summed E-state index contributed by atoms with van der Waals surface area (Å²) >= 11 is 25.2. The number of halogens is 4. The second kappa shape index (κ2) is 10.1. The quantitative estimate of drug-likeness (QED) is 0.155. The Morgan fingerprint density at radius 2 is 0.938 bits per heavy atom. The molecule has 0 aliphatic rings. The van der Waals surface area contributed by atoms with Crippen LogP contribution in [-0.2, 0) is 0 Å². The summed E-state index contributed by atoms with van der Waals surface area (Å²) in [5.74, 6) is 0.932. The van der Waals surface area contributed by atoms with Gasteiger partial charge >= 0.3 is 218 Å². The van der Waals surface area contributed by atoms with Gasteiger partial charge in [0.05, 0.1) is 0 Å². The first-order chi connectivity index (χ1) is 15.4. The summed E-state index contributed by atoms with van der Waals surface area (Å²) in [7, 11) is 0. The van der Waals surface area contributed by atoms with Crippen molar-refractivity contribution in [2.45, 2.75) is 4.90 Å². The van der Waals surface area contributed by atoms with Crippen molar-refractivity contribution in [3.05, 3.63) is 118 Å². The second-order valence-corrected chi connectivity index (χ2v) is 19.0. The first-order valence-corrected chi connectivity index (χ1v) is 16.7. The number of thioether (sulfide) groups is 1. The molecule has 32 heavy (non-hydrogen) atoms. The van der Waals surface area contributed by atoms with Gasteiger partial charge in [0.1, 0.15) is 0 Å². The van der Waals surface area contributed by atoms with Crippen LogP contribution in [0.5, 0.6) is 0 Å². The van der Waals surface area contributed by atoms with Gasteiger partial charge in [-0.1, -0.05) is 0 Å². The summed E-state index contributed by atoms with van der Waals surface area (Å²) in [5.41, 5.74) is 0. The van der Waals surface area contributed by atoms with E-state index in [0.717, 1.165) is 27.0 Å². The van der Waals surface area contributed by atoms with E-state index in [0.29, 0.717) is 0 Å². The van der Waals surface area contributed by atoms with Gasteiger partial charge in [0.2, 0.25) is 0 Å². The zero-order valence-corrected chi connectivity index (χ0v) is 22.7. The molecule has 0 bridgehead atoms. The third kappa shape index (κ3) is 4.78. The molecule has 4 aromatic carbocycles. The zero-order valence-electron chi connectivity index (χ0n) is 17.1. The first-order valence-electron chi connectivity index (χ1n) is 10.1. The van der Waals surface area contributed by atoms with Crippen LogP contribution in [0.2, 0.25) is 15.1 Å². The van der Waals surface area contributed by atoms with E-state index < -0.39 is 5.31 Å². The van der Waals surface area contributed by atoms with Crippen LogP contribution >= 0.6 is 67.4 Å². The molecule has 6 heteroatoms. The molecule has 0 spiro atoms. The van der Waals surface area contributed by atoms with Gasteiger partial charge in [0.15, 0.2) is 0 Å². The van der Waals surface area contributed by atoms with Crippen LogP contribution in [0.3, 0.4) is 0 Å². The van der Waals surface area contributed by atoms with Crippen molar-refractivity contribution >= 4 is 83.3 Å². The minimum atomic E-state index is -3.05. The summed E-state index contributed by atoms with van der Waals surface area (Å²) in [6, 6.07) is 35.2. The van der Waals surface area contributed by atoms with Crippen molar-refractivity contribution in [2.24, 2.45) is 0 Å². The Hall–Kier alpha value is -0.990. The molecule has 0 N–H and O–H groups in total. The normalized spacial score (nSPS) is 12.8. The predicted octanol–water partition coefficient (Wildman–Crippen LogP) is 8.58. The molecule has 0 nitrogen and oxygen atoms in total. The Balaban J connectivity index is 1.91. The SMILES string of the molecule is Clc1ccc(P(Br)(CCSc2ccccc2)(c2ccc(Cl)cc2)c2ccc(Cl)cc2)cc1. The van der Waals surface area contributed by atoms with Crippen LogP contribution in [0.15, 0.2) is 108 Å². The number of rotatable bonds is 7. The van der Waals surface area contributed by atoms with Crippen molar-refractivity contribution in [3.63, 3.8) is 0 Å². The van der Waals surface area contributed by atoms with Crippen molar-refractivity contribution in [1.29, 1.82) is 0 Å². The van der Waals surface area contributed by atoms with Crippen molar-refractivity contribution in [1.82, 2.24) is 0 Å². The molecule has 0 heterocycles. The minimum absolute atomic E-state index is 0.720.